The molecular weight excluding hydrogens is 508 g/mol. The van der Waals surface area contributed by atoms with Crippen LogP contribution in [-0.4, -0.2) is 57.1 Å². The van der Waals surface area contributed by atoms with E-state index in [1.165, 1.54) is 26.6 Å². The molecule has 13 heteroatoms. The zero-order valence-corrected chi connectivity index (χ0v) is 21.7. The molecule has 4 aromatic rings. The fourth-order valence-corrected chi connectivity index (χ4v) is 2.91. The fraction of sp³-hybridized carbons (Fsp3) is 0.192. The van der Waals surface area contributed by atoms with E-state index in [0.29, 0.717) is 28.6 Å². The van der Waals surface area contributed by atoms with E-state index in [2.05, 4.69) is 34.7 Å². The first kappa shape index (κ1) is 29.9. The van der Waals surface area contributed by atoms with E-state index in [0.717, 1.165) is 0 Å². The Hall–Kier alpha value is -5.33. The summed E-state index contributed by atoms with van der Waals surface area (Å²) in [6.45, 7) is 3.29. The molecular formula is C26H28N6O7. The van der Waals surface area contributed by atoms with Crippen molar-refractivity contribution in [2.24, 2.45) is 0 Å². The number of aromatic amines is 1. The van der Waals surface area contributed by atoms with Gasteiger partial charge in [0.25, 0.3) is 5.56 Å². The van der Waals surface area contributed by atoms with Crippen molar-refractivity contribution in [3.63, 3.8) is 0 Å². The Morgan fingerprint density at radius 1 is 0.949 bits per heavy atom. The number of pyridine rings is 4. The van der Waals surface area contributed by atoms with E-state index in [1.807, 2.05) is 0 Å². The Morgan fingerprint density at radius 2 is 1.51 bits per heavy atom. The van der Waals surface area contributed by atoms with Crippen LogP contribution >= 0.6 is 0 Å². The number of nitrogen functional groups attached to an aromatic ring is 1. The lowest BCUT2D eigenvalue weighted by Gasteiger charge is -2.06. The third kappa shape index (κ3) is 8.08. The van der Waals surface area contributed by atoms with E-state index in [4.69, 9.17) is 5.73 Å². The number of hydrogen-bond donors (Lipinski definition) is 4. The van der Waals surface area contributed by atoms with Crippen LogP contribution in [0.3, 0.4) is 0 Å². The summed E-state index contributed by atoms with van der Waals surface area (Å²) in [4.78, 5) is 58.7. The van der Waals surface area contributed by atoms with Gasteiger partial charge in [-0.05, 0) is 43.3 Å². The minimum atomic E-state index is -0.519. The van der Waals surface area contributed by atoms with Gasteiger partial charge in [0.2, 0.25) is 5.91 Å². The van der Waals surface area contributed by atoms with Crippen molar-refractivity contribution in [2.75, 3.05) is 25.3 Å². The van der Waals surface area contributed by atoms with Gasteiger partial charge in [-0.1, -0.05) is 6.92 Å². The van der Waals surface area contributed by atoms with Crippen molar-refractivity contribution in [1.82, 2.24) is 19.9 Å². The summed E-state index contributed by atoms with van der Waals surface area (Å²) < 4.78 is 9.02. The highest BCUT2D eigenvalue weighted by Crippen LogP contribution is 2.21. The number of H-pyrrole nitrogens is 1. The van der Waals surface area contributed by atoms with Gasteiger partial charge < -0.3 is 30.6 Å². The fourth-order valence-electron chi connectivity index (χ4n) is 2.91. The smallest absolute Gasteiger partial charge is 0.341 e. The molecule has 4 aromatic heterocycles. The maximum absolute atomic E-state index is 11.3. The van der Waals surface area contributed by atoms with Crippen molar-refractivity contribution in [1.29, 1.82) is 0 Å². The van der Waals surface area contributed by atoms with Crippen LogP contribution in [-0.2, 0) is 14.3 Å². The number of methoxy groups -OCH3 is 2. The molecule has 0 unspecified atom stereocenters. The number of hydrogen-bond acceptors (Lipinski definition) is 11. The van der Waals surface area contributed by atoms with Crippen LogP contribution in [0.15, 0.2) is 59.8 Å². The van der Waals surface area contributed by atoms with E-state index in [9.17, 15) is 24.3 Å². The van der Waals surface area contributed by atoms with Crippen molar-refractivity contribution >= 4 is 40.5 Å². The van der Waals surface area contributed by atoms with Crippen LogP contribution in [0.1, 0.15) is 39.6 Å². The minimum absolute atomic E-state index is 0.00634. The SMILES string of the molecule is CCC(=O)Nc1ncccc1C(=O)OC.COC(=O)c1cccnc1N.Cc1c(O)c2cccnc2[nH]c1=O. The maximum atomic E-state index is 11.3. The Bertz CT molecular complexity index is 1520. The summed E-state index contributed by atoms with van der Waals surface area (Å²) in [6.07, 6.45) is 4.91. The number of aromatic hydroxyl groups is 1. The lowest BCUT2D eigenvalue weighted by atomic mass is 10.2. The molecule has 0 saturated carbocycles. The van der Waals surface area contributed by atoms with E-state index < -0.39 is 11.9 Å². The molecule has 204 valence electrons. The number of aromatic nitrogens is 4. The first-order valence-electron chi connectivity index (χ1n) is 11.4. The average Bonchev–Trinajstić information content (AvgIpc) is 2.96. The highest BCUT2D eigenvalue weighted by molar-refractivity contribution is 5.99. The summed E-state index contributed by atoms with van der Waals surface area (Å²) in [5.74, 6) is -0.744. The van der Waals surface area contributed by atoms with Crippen molar-refractivity contribution < 1.29 is 29.0 Å². The summed E-state index contributed by atoms with van der Waals surface area (Å²) >= 11 is 0. The number of amides is 1. The van der Waals surface area contributed by atoms with Gasteiger partial charge in [-0.3, -0.25) is 9.59 Å². The maximum Gasteiger partial charge on any atom is 0.341 e. The zero-order valence-electron chi connectivity index (χ0n) is 21.7. The molecule has 0 bridgehead atoms. The molecule has 5 N–H and O–H groups in total. The number of nitrogens with zero attached hydrogens (tertiary/aromatic N) is 3. The molecule has 1 amide bonds. The summed E-state index contributed by atoms with van der Waals surface area (Å²) in [6, 6.07) is 9.76. The van der Waals surface area contributed by atoms with Gasteiger partial charge in [0.15, 0.2) is 0 Å². The monoisotopic (exact) mass is 536 g/mol. The molecule has 0 fully saturated rings. The molecule has 0 radical (unpaired) electrons. The van der Waals surface area contributed by atoms with Crippen molar-refractivity contribution in [3.05, 3.63) is 82.0 Å². The topological polar surface area (TPSA) is 199 Å². The summed E-state index contributed by atoms with van der Waals surface area (Å²) in [5, 5.41) is 12.7. The number of nitrogens with one attached hydrogen (secondary N) is 2. The van der Waals surface area contributed by atoms with E-state index >= 15 is 0 Å². The average molecular weight is 537 g/mol. The normalized spacial score (nSPS) is 9.74. The van der Waals surface area contributed by atoms with Crippen LogP contribution in [0.25, 0.3) is 11.0 Å². The van der Waals surface area contributed by atoms with Gasteiger partial charge in [0, 0.05) is 25.0 Å². The van der Waals surface area contributed by atoms with Crippen LogP contribution < -0.4 is 16.6 Å². The third-order valence-electron chi connectivity index (χ3n) is 5.03. The van der Waals surface area contributed by atoms with Crippen LogP contribution in [0, 0.1) is 6.92 Å². The molecule has 0 spiro atoms. The van der Waals surface area contributed by atoms with Crippen LogP contribution in [0.5, 0.6) is 5.75 Å². The molecule has 0 atom stereocenters. The molecule has 0 aromatic carbocycles. The van der Waals surface area contributed by atoms with Crippen molar-refractivity contribution in [2.45, 2.75) is 20.3 Å². The van der Waals surface area contributed by atoms with Gasteiger partial charge in [-0.25, -0.2) is 24.5 Å². The number of ether oxygens (including phenoxy) is 2. The van der Waals surface area contributed by atoms with Gasteiger partial charge >= 0.3 is 11.9 Å². The van der Waals surface area contributed by atoms with E-state index in [-0.39, 0.29) is 34.4 Å². The summed E-state index contributed by atoms with van der Waals surface area (Å²) in [5.41, 5.74) is 6.37. The highest BCUT2D eigenvalue weighted by atomic mass is 16.5. The lowest BCUT2D eigenvalue weighted by Crippen LogP contribution is -2.15. The second-order valence-electron chi connectivity index (χ2n) is 7.55. The molecule has 0 saturated heterocycles. The number of carbonyl (C=O) groups is 3. The Kier molecular flexibility index (Phi) is 11.1. The number of fused-ring (bicyclic) bond motifs is 1. The Labute approximate surface area is 223 Å². The zero-order chi connectivity index (χ0) is 28.9. The van der Waals surface area contributed by atoms with Crippen LogP contribution in [0.2, 0.25) is 0 Å². The number of rotatable bonds is 4. The first-order chi connectivity index (χ1) is 18.6. The molecule has 39 heavy (non-hydrogen) atoms. The largest absolute Gasteiger partial charge is 0.507 e. The van der Waals surface area contributed by atoms with Gasteiger partial charge in [0.05, 0.1) is 25.2 Å². The summed E-state index contributed by atoms with van der Waals surface area (Å²) in [7, 11) is 2.58. The molecule has 0 aliphatic heterocycles. The molecule has 13 nitrogen and oxygen atoms in total. The lowest BCUT2D eigenvalue weighted by molar-refractivity contribution is -0.115. The second-order valence-corrected chi connectivity index (χ2v) is 7.55. The van der Waals surface area contributed by atoms with Gasteiger partial charge in [0.1, 0.15) is 34.2 Å². The quantitative estimate of drug-likeness (QED) is 0.279. The second kappa shape index (κ2) is 14.4. The molecule has 4 rings (SSSR count). The minimum Gasteiger partial charge on any atom is -0.507 e. The number of carbonyl (C=O) groups excluding carboxylic acids is 3. The third-order valence-corrected chi connectivity index (χ3v) is 5.03. The van der Waals surface area contributed by atoms with Crippen LogP contribution in [0.4, 0.5) is 11.6 Å². The number of esters is 2. The predicted octanol–water partition coefficient (Wildman–Crippen LogP) is 2.60. The number of nitrogens with two attached hydrogens (primary N) is 1. The van der Waals surface area contributed by atoms with Crippen molar-refractivity contribution in [3.8, 4) is 5.75 Å². The van der Waals surface area contributed by atoms with Gasteiger partial charge in [-0.15, -0.1) is 0 Å². The Morgan fingerprint density at radius 3 is 2.13 bits per heavy atom. The van der Waals surface area contributed by atoms with E-state index in [1.54, 1.807) is 56.4 Å². The van der Waals surface area contributed by atoms with Gasteiger partial charge in [-0.2, -0.15) is 0 Å². The number of anilines is 2. The first-order valence-corrected chi connectivity index (χ1v) is 11.4. The standard InChI is InChI=1S/C10H12N2O3.C9H8N2O2.C7H8N2O2/c1-3-8(13)12-9-7(10(14)15-2)5-4-6-11-9;1-5-7(12)6-3-2-4-10-8(6)11-9(5)13;1-11-7(10)5-3-2-4-9-6(5)8/h4-6H,3H2,1-2H3,(H,11,12,13);2-4H,1H3,(H2,10,11,12,13);2-4H,1H3,(H2,8,9). The highest BCUT2D eigenvalue weighted by Gasteiger charge is 2.13. The molecule has 0 aliphatic rings. The molecule has 4 heterocycles. The predicted molar refractivity (Wildman–Crippen MR) is 143 cm³/mol. The molecule has 0 aliphatic carbocycles. The Balaban J connectivity index is 0.000000208.